The van der Waals surface area contributed by atoms with Crippen LogP contribution < -0.4 is 15.8 Å². The molecule has 0 aliphatic carbocycles. The van der Waals surface area contributed by atoms with Crippen molar-refractivity contribution in [3.8, 4) is 11.1 Å². The Morgan fingerprint density at radius 1 is 0.783 bits per heavy atom. The highest BCUT2D eigenvalue weighted by Gasteiger charge is 2.19. The van der Waals surface area contributed by atoms with Crippen molar-refractivity contribution < 1.29 is 0 Å². The van der Waals surface area contributed by atoms with E-state index in [1.54, 1.807) is 6.08 Å². The summed E-state index contributed by atoms with van der Waals surface area (Å²) in [7, 11) is 3.97. The molecule has 0 aromatic heterocycles. The lowest BCUT2D eigenvalue weighted by Crippen LogP contribution is -2.35. The van der Waals surface area contributed by atoms with Crippen molar-refractivity contribution in [3.05, 3.63) is 86.2 Å². The van der Waals surface area contributed by atoms with E-state index in [2.05, 4.69) is 0 Å². The molecule has 0 unspecified atom stereocenters. The molecule has 0 atom stereocenters. The second-order valence-electron chi connectivity index (χ2n) is 5.63. The van der Waals surface area contributed by atoms with E-state index in [9.17, 15) is 9.59 Å². The van der Waals surface area contributed by atoms with Crippen LogP contribution in [-0.4, -0.2) is 14.1 Å². The number of benzene rings is 2. The zero-order valence-corrected chi connectivity index (χ0v) is 13.1. The van der Waals surface area contributed by atoms with Crippen molar-refractivity contribution in [2.24, 2.45) is 0 Å². The molecule has 0 saturated carbocycles. The Labute approximate surface area is 134 Å². The fourth-order valence-corrected chi connectivity index (χ4v) is 2.52. The van der Waals surface area contributed by atoms with Gasteiger partial charge in [-0.1, -0.05) is 48.5 Å². The molecule has 0 radical (unpaired) electrons. The predicted molar refractivity (Wildman–Crippen MR) is 96.5 cm³/mol. The number of hydrogen-bond donors (Lipinski definition) is 0. The second kappa shape index (κ2) is 6.05. The molecule has 0 saturated heterocycles. The molecule has 0 aliphatic heterocycles. The molecule has 0 amide bonds. The van der Waals surface area contributed by atoms with Crippen LogP contribution >= 0.6 is 0 Å². The monoisotopic (exact) mass is 303 g/mol. The van der Waals surface area contributed by atoms with Gasteiger partial charge in [0.25, 0.3) is 0 Å². The summed E-state index contributed by atoms with van der Waals surface area (Å²) in [4.78, 5) is 25.7. The molecule has 3 rings (SSSR count). The summed E-state index contributed by atoms with van der Waals surface area (Å²) in [6.07, 6.45) is 3.60. The van der Waals surface area contributed by atoms with Gasteiger partial charge in [0.15, 0.2) is 0 Å². The first-order valence-corrected chi connectivity index (χ1v) is 7.42. The van der Waals surface area contributed by atoms with E-state index in [-0.39, 0.29) is 0 Å². The fourth-order valence-electron chi connectivity index (χ4n) is 2.52. The van der Waals surface area contributed by atoms with Gasteiger partial charge in [0, 0.05) is 30.9 Å². The molecule has 0 spiro atoms. The SMILES string of the molecule is CN(C)c1ccc(/C=C/c2c(-c3ccccc3)c(=O)c2=O)cc1. The van der Waals surface area contributed by atoms with Crippen LogP contribution in [0, 0.1) is 0 Å². The largest absolute Gasteiger partial charge is 0.378 e. The van der Waals surface area contributed by atoms with Gasteiger partial charge < -0.3 is 4.90 Å². The molecular formula is C20H17NO2. The zero-order chi connectivity index (χ0) is 16.4. The van der Waals surface area contributed by atoms with E-state index >= 15 is 0 Å². The minimum Gasteiger partial charge on any atom is -0.378 e. The van der Waals surface area contributed by atoms with Crippen molar-refractivity contribution in [1.82, 2.24) is 0 Å². The lowest BCUT2D eigenvalue weighted by Gasteiger charge is -2.12. The average molecular weight is 303 g/mol. The Bertz CT molecular complexity index is 913. The van der Waals surface area contributed by atoms with Gasteiger partial charge >= 0.3 is 0 Å². The normalized spacial score (nSPS) is 11.2. The number of nitrogens with zero attached hydrogens (tertiary/aromatic N) is 1. The Morgan fingerprint density at radius 3 is 2.04 bits per heavy atom. The molecule has 3 aromatic rings. The predicted octanol–water partition coefficient (Wildman–Crippen LogP) is 3.19. The fraction of sp³-hybridized carbons (Fsp3) is 0.100. The molecule has 0 aliphatic rings. The van der Waals surface area contributed by atoms with Crippen molar-refractivity contribution in [2.75, 3.05) is 19.0 Å². The Balaban J connectivity index is 1.91. The third-order valence-corrected chi connectivity index (χ3v) is 3.86. The van der Waals surface area contributed by atoms with Gasteiger partial charge in [-0.2, -0.15) is 0 Å². The van der Waals surface area contributed by atoms with Crippen LogP contribution in [0.25, 0.3) is 23.3 Å². The minimum atomic E-state index is -0.412. The maximum atomic E-state index is 11.9. The molecule has 0 fully saturated rings. The van der Waals surface area contributed by atoms with E-state index in [0.29, 0.717) is 11.1 Å². The van der Waals surface area contributed by atoms with Gasteiger partial charge in [-0.25, -0.2) is 0 Å². The second-order valence-corrected chi connectivity index (χ2v) is 5.63. The molecule has 3 aromatic carbocycles. The Kier molecular flexibility index (Phi) is 3.94. The molecule has 23 heavy (non-hydrogen) atoms. The van der Waals surface area contributed by atoms with Gasteiger partial charge in [-0.15, -0.1) is 0 Å². The maximum absolute atomic E-state index is 11.9. The van der Waals surface area contributed by atoms with Gasteiger partial charge in [-0.05, 0) is 29.3 Å². The van der Waals surface area contributed by atoms with Crippen LogP contribution in [0.5, 0.6) is 0 Å². The van der Waals surface area contributed by atoms with Crippen LogP contribution in [0.2, 0.25) is 0 Å². The summed E-state index contributed by atoms with van der Waals surface area (Å²) in [6, 6.07) is 17.3. The van der Waals surface area contributed by atoms with Crippen LogP contribution in [0.1, 0.15) is 11.1 Å². The highest BCUT2D eigenvalue weighted by Crippen LogP contribution is 2.21. The van der Waals surface area contributed by atoms with Gasteiger partial charge in [-0.3, -0.25) is 9.59 Å². The summed E-state index contributed by atoms with van der Waals surface area (Å²) in [5, 5.41) is 0. The summed E-state index contributed by atoms with van der Waals surface area (Å²) in [6.45, 7) is 0. The van der Waals surface area contributed by atoms with Crippen molar-refractivity contribution in [2.45, 2.75) is 0 Å². The Hall–Kier alpha value is -2.94. The first-order valence-electron chi connectivity index (χ1n) is 7.42. The van der Waals surface area contributed by atoms with Crippen LogP contribution in [-0.2, 0) is 0 Å². The highest BCUT2D eigenvalue weighted by atomic mass is 16.2. The lowest BCUT2D eigenvalue weighted by molar-refractivity contribution is 1.13. The zero-order valence-electron chi connectivity index (χ0n) is 13.1. The van der Waals surface area contributed by atoms with Gasteiger partial charge in [0.2, 0.25) is 10.9 Å². The van der Waals surface area contributed by atoms with Gasteiger partial charge in [0.1, 0.15) is 0 Å². The average Bonchev–Trinajstić information content (AvgIpc) is 2.58. The number of hydrogen-bond acceptors (Lipinski definition) is 3. The Morgan fingerprint density at radius 2 is 1.43 bits per heavy atom. The third kappa shape index (κ3) is 2.86. The molecule has 3 heteroatoms. The highest BCUT2D eigenvalue weighted by molar-refractivity contribution is 5.83. The molecule has 0 bridgehead atoms. The number of rotatable bonds is 4. The molecule has 114 valence electrons. The lowest BCUT2D eigenvalue weighted by atomic mass is 9.93. The smallest absolute Gasteiger partial charge is 0.234 e. The van der Waals surface area contributed by atoms with Crippen molar-refractivity contribution in [1.29, 1.82) is 0 Å². The topological polar surface area (TPSA) is 37.4 Å². The van der Waals surface area contributed by atoms with E-state index in [0.717, 1.165) is 16.8 Å². The first kappa shape index (κ1) is 15.0. The molecule has 0 N–H and O–H groups in total. The standard InChI is InChI=1S/C20H17NO2/c1-21(2)16-11-8-14(9-12-16)10-13-17-18(20(23)19(17)22)15-6-4-3-5-7-15/h3-13H,1-2H3/b13-10+. The summed E-state index contributed by atoms with van der Waals surface area (Å²) in [5.74, 6) is 0. The van der Waals surface area contributed by atoms with Gasteiger partial charge in [0.05, 0.1) is 0 Å². The molecule has 3 nitrogen and oxygen atoms in total. The molecular weight excluding hydrogens is 286 g/mol. The summed E-state index contributed by atoms with van der Waals surface area (Å²) >= 11 is 0. The summed E-state index contributed by atoms with van der Waals surface area (Å²) < 4.78 is 0. The van der Waals surface area contributed by atoms with Crippen molar-refractivity contribution >= 4 is 17.8 Å². The van der Waals surface area contributed by atoms with Crippen LogP contribution in [0.3, 0.4) is 0 Å². The van der Waals surface area contributed by atoms with Crippen LogP contribution in [0.4, 0.5) is 5.69 Å². The summed E-state index contributed by atoms with van der Waals surface area (Å²) in [5.41, 5.74) is 3.07. The number of anilines is 1. The van der Waals surface area contributed by atoms with E-state index in [1.165, 1.54) is 0 Å². The third-order valence-electron chi connectivity index (χ3n) is 3.86. The van der Waals surface area contributed by atoms with Crippen LogP contribution in [0.15, 0.2) is 64.2 Å². The van der Waals surface area contributed by atoms with E-state index < -0.39 is 10.9 Å². The minimum absolute atomic E-state index is 0.404. The van der Waals surface area contributed by atoms with E-state index in [1.807, 2.05) is 79.7 Å². The molecule has 0 heterocycles. The maximum Gasteiger partial charge on any atom is 0.234 e. The first-order chi connectivity index (χ1) is 11.1. The quantitative estimate of drug-likeness (QED) is 0.695. The van der Waals surface area contributed by atoms with Crippen molar-refractivity contribution in [3.63, 3.8) is 0 Å². The van der Waals surface area contributed by atoms with E-state index in [4.69, 9.17) is 0 Å².